The minimum atomic E-state index is -0.144. The SMILES string of the molecule is CC=C1[C@H]2[C@H](CC)C[C@@]3(CC)O[C@H](CC(=O)OC)[C@]1(CC)[C@@H]23. The summed E-state index contributed by atoms with van der Waals surface area (Å²) in [6, 6.07) is 0. The van der Waals surface area contributed by atoms with Crippen molar-refractivity contribution in [1.29, 1.82) is 0 Å². The fourth-order valence-electron chi connectivity index (χ4n) is 6.23. The van der Waals surface area contributed by atoms with Gasteiger partial charge in [-0.1, -0.05) is 38.8 Å². The average molecular weight is 306 g/mol. The molecule has 0 N–H and O–H groups in total. The second kappa shape index (κ2) is 5.36. The van der Waals surface area contributed by atoms with E-state index in [1.807, 2.05) is 0 Å². The van der Waals surface area contributed by atoms with E-state index in [1.165, 1.54) is 13.5 Å². The van der Waals surface area contributed by atoms with Gasteiger partial charge in [0.25, 0.3) is 0 Å². The summed E-state index contributed by atoms with van der Waals surface area (Å²) in [6.07, 6.45) is 7.21. The summed E-state index contributed by atoms with van der Waals surface area (Å²) >= 11 is 0. The van der Waals surface area contributed by atoms with Crippen molar-refractivity contribution in [2.75, 3.05) is 7.11 Å². The van der Waals surface area contributed by atoms with Gasteiger partial charge in [0, 0.05) is 11.3 Å². The van der Waals surface area contributed by atoms with Crippen LogP contribution in [0.5, 0.6) is 0 Å². The molecule has 0 radical (unpaired) electrons. The molecule has 3 fully saturated rings. The smallest absolute Gasteiger partial charge is 0.308 e. The second-order valence-corrected chi connectivity index (χ2v) is 7.32. The number of carbonyl (C=O) groups is 1. The highest BCUT2D eigenvalue weighted by atomic mass is 16.5. The molecule has 0 aromatic rings. The zero-order valence-electron chi connectivity index (χ0n) is 14.6. The maximum absolute atomic E-state index is 11.9. The van der Waals surface area contributed by atoms with Crippen molar-refractivity contribution < 1.29 is 14.3 Å². The Hall–Kier alpha value is -0.830. The van der Waals surface area contributed by atoms with E-state index in [0.29, 0.717) is 18.3 Å². The first kappa shape index (κ1) is 16.0. The largest absolute Gasteiger partial charge is 0.469 e. The predicted molar refractivity (Wildman–Crippen MR) is 86.4 cm³/mol. The van der Waals surface area contributed by atoms with Gasteiger partial charge in [0.05, 0.1) is 25.2 Å². The second-order valence-electron chi connectivity index (χ2n) is 7.32. The van der Waals surface area contributed by atoms with Gasteiger partial charge in [-0.3, -0.25) is 4.79 Å². The lowest BCUT2D eigenvalue weighted by molar-refractivity contribution is -0.147. The van der Waals surface area contributed by atoms with Crippen LogP contribution >= 0.6 is 0 Å². The molecule has 0 unspecified atom stereocenters. The van der Waals surface area contributed by atoms with Crippen molar-refractivity contribution in [3.05, 3.63) is 11.6 Å². The number of ether oxygens (including phenoxy) is 2. The predicted octanol–water partition coefficient (Wildman–Crippen LogP) is 4.12. The van der Waals surface area contributed by atoms with Crippen molar-refractivity contribution >= 4 is 5.97 Å². The molecular formula is C19H30O3. The molecule has 124 valence electrons. The molecular weight excluding hydrogens is 276 g/mol. The van der Waals surface area contributed by atoms with Crippen LogP contribution < -0.4 is 0 Å². The van der Waals surface area contributed by atoms with E-state index < -0.39 is 0 Å². The van der Waals surface area contributed by atoms with Crippen LogP contribution in [0, 0.1) is 23.2 Å². The van der Waals surface area contributed by atoms with Gasteiger partial charge in [-0.2, -0.15) is 0 Å². The lowest BCUT2D eigenvalue weighted by Gasteiger charge is -2.56. The van der Waals surface area contributed by atoms with E-state index in [-0.39, 0.29) is 23.1 Å². The molecule has 3 heteroatoms. The van der Waals surface area contributed by atoms with E-state index in [9.17, 15) is 4.79 Å². The summed E-state index contributed by atoms with van der Waals surface area (Å²) in [5.41, 5.74) is 1.63. The van der Waals surface area contributed by atoms with Gasteiger partial charge in [0.15, 0.2) is 0 Å². The van der Waals surface area contributed by atoms with Crippen LogP contribution in [0.3, 0.4) is 0 Å². The number of allylic oxidation sites excluding steroid dienone is 1. The van der Waals surface area contributed by atoms with Crippen molar-refractivity contribution in [2.45, 2.75) is 71.5 Å². The average Bonchev–Trinajstić information content (AvgIpc) is 2.90. The summed E-state index contributed by atoms with van der Waals surface area (Å²) in [7, 11) is 1.47. The molecule has 2 saturated carbocycles. The zero-order valence-corrected chi connectivity index (χ0v) is 14.6. The Bertz CT molecular complexity index is 497. The van der Waals surface area contributed by atoms with Gasteiger partial charge >= 0.3 is 5.97 Å². The minimum absolute atomic E-state index is 0.00449. The Balaban J connectivity index is 2.02. The number of hydrogen-bond donors (Lipinski definition) is 0. The van der Waals surface area contributed by atoms with E-state index in [4.69, 9.17) is 9.47 Å². The molecule has 0 spiro atoms. The molecule has 0 bridgehead atoms. The van der Waals surface area contributed by atoms with Crippen LogP contribution in [0.15, 0.2) is 11.6 Å². The van der Waals surface area contributed by atoms with Crippen LogP contribution in [0.2, 0.25) is 0 Å². The molecule has 0 aromatic heterocycles. The number of rotatable bonds is 5. The Kier molecular flexibility index (Phi) is 3.91. The standard InChI is InChI=1S/C19H30O3/c1-6-12-11-18(8-3)17-16(12)13(7-2)19(17,9-4)14(22-18)10-15(20)21-5/h7,12,14,16-17H,6,8-11H2,1-5H3/t12-,14-,16-,17+,18-,19-/m1/s1. The molecule has 1 heterocycles. The number of hydrogen-bond acceptors (Lipinski definition) is 3. The zero-order chi connectivity index (χ0) is 16.1. The lowest BCUT2D eigenvalue weighted by atomic mass is 9.45. The minimum Gasteiger partial charge on any atom is -0.469 e. The van der Waals surface area contributed by atoms with Gasteiger partial charge < -0.3 is 9.47 Å². The molecule has 22 heavy (non-hydrogen) atoms. The monoisotopic (exact) mass is 306 g/mol. The highest BCUT2D eigenvalue weighted by Crippen LogP contribution is 2.77. The maximum atomic E-state index is 11.9. The first-order chi connectivity index (χ1) is 10.5. The third-order valence-corrected chi connectivity index (χ3v) is 7.04. The first-order valence-electron chi connectivity index (χ1n) is 8.95. The van der Waals surface area contributed by atoms with Crippen molar-refractivity contribution in [1.82, 2.24) is 0 Å². The lowest BCUT2D eigenvalue weighted by Crippen LogP contribution is -2.55. The molecule has 6 atom stereocenters. The summed E-state index contributed by atoms with van der Waals surface area (Å²) in [5.74, 6) is 1.88. The summed E-state index contributed by atoms with van der Waals surface area (Å²) in [5, 5.41) is 0. The van der Waals surface area contributed by atoms with Gasteiger partial charge in [-0.05, 0) is 38.0 Å². The Labute approximate surface area is 134 Å². The molecule has 3 rings (SSSR count). The molecule has 1 aliphatic heterocycles. The van der Waals surface area contributed by atoms with Crippen LogP contribution in [-0.4, -0.2) is 24.8 Å². The fourth-order valence-corrected chi connectivity index (χ4v) is 6.23. The summed E-state index contributed by atoms with van der Waals surface area (Å²) in [6.45, 7) is 8.98. The summed E-state index contributed by atoms with van der Waals surface area (Å²) < 4.78 is 11.6. The van der Waals surface area contributed by atoms with E-state index in [1.54, 1.807) is 5.57 Å². The van der Waals surface area contributed by atoms with Gasteiger partial charge in [0.1, 0.15) is 0 Å². The van der Waals surface area contributed by atoms with Crippen LogP contribution in [0.1, 0.15) is 59.8 Å². The van der Waals surface area contributed by atoms with E-state index >= 15 is 0 Å². The van der Waals surface area contributed by atoms with Gasteiger partial charge in [-0.15, -0.1) is 0 Å². The fraction of sp³-hybridized carbons (Fsp3) is 0.842. The third-order valence-electron chi connectivity index (χ3n) is 7.04. The number of esters is 1. The van der Waals surface area contributed by atoms with Crippen molar-refractivity contribution in [3.63, 3.8) is 0 Å². The topological polar surface area (TPSA) is 35.5 Å². The molecule has 3 aliphatic rings. The van der Waals surface area contributed by atoms with E-state index in [0.717, 1.165) is 25.2 Å². The molecule has 3 nitrogen and oxygen atoms in total. The molecule has 0 aromatic carbocycles. The van der Waals surface area contributed by atoms with Gasteiger partial charge in [-0.25, -0.2) is 0 Å². The highest BCUT2D eigenvalue weighted by Gasteiger charge is 2.77. The number of carbonyl (C=O) groups excluding carboxylic acids is 1. The summed E-state index contributed by atoms with van der Waals surface area (Å²) in [4.78, 5) is 11.9. The Morgan fingerprint density at radius 1 is 1.36 bits per heavy atom. The van der Waals surface area contributed by atoms with E-state index in [2.05, 4.69) is 33.8 Å². The highest BCUT2D eigenvalue weighted by molar-refractivity contribution is 5.70. The first-order valence-corrected chi connectivity index (χ1v) is 8.95. The maximum Gasteiger partial charge on any atom is 0.308 e. The molecule has 2 aliphatic carbocycles. The molecule has 1 saturated heterocycles. The number of methoxy groups -OCH3 is 1. The van der Waals surface area contributed by atoms with Crippen molar-refractivity contribution in [2.24, 2.45) is 23.2 Å². The van der Waals surface area contributed by atoms with Crippen LogP contribution in [-0.2, 0) is 14.3 Å². The van der Waals surface area contributed by atoms with Gasteiger partial charge in [0.2, 0.25) is 0 Å². The quantitative estimate of drug-likeness (QED) is 0.566. The Morgan fingerprint density at radius 2 is 2.09 bits per heavy atom. The van der Waals surface area contributed by atoms with Crippen LogP contribution in [0.4, 0.5) is 0 Å². The normalized spacial score (nSPS) is 47.4. The van der Waals surface area contributed by atoms with Crippen LogP contribution in [0.25, 0.3) is 0 Å². The molecule has 0 amide bonds. The Morgan fingerprint density at radius 3 is 2.59 bits per heavy atom. The third kappa shape index (κ3) is 1.69. The van der Waals surface area contributed by atoms with Crippen molar-refractivity contribution in [3.8, 4) is 0 Å².